The maximum atomic E-state index is 13.0. The third kappa shape index (κ3) is 5.06. The Kier molecular flexibility index (Phi) is 5.83. The zero-order valence-corrected chi connectivity index (χ0v) is 16.3. The Labute approximate surface area is 162 Å². The van der Waals surface area contributed by atoms with Gasteiger partial charge in [0.1, 0.15) is 10.8 Å². The molecule has 7 nitrogen and oxygen atoms in total. The minimum atomic E-state index is -3.23. The standard InChI is InChI=1S/C17H20ClFN4O3S/c1-27(25,26)23-8-6-13(7-9-23)17(24)20-16-15(18)11-22(21-16)10-12-2-4-14(19)5-3-12/h2-5,11,13H,6-10H2,1H3,(H,20,21,24). The van der Waals surface area contributed by atoms with Crippen molar-refractivity contribution in [3.05, 3.63) is 46.9 Å². The van der Waals surface area contributed by atoms with Crippen LogP contribution in [0.1, 0.15) is 18.4 Å². The Balaban J connectivity index is 1.60. The molecule has 1 aliphatic rings. The predicted octanol–water partition coefficient (Wildman–Crippen LogP) is 2.33. The Morgan fingerprint density at radius 3 is 2.52 bits per heavy atom. The van der Waals surface area contributed by atoms with Crippen LogP contribution in [0.15, 0.2) is 30.5 Å². The van der Waals surface area contributed by atoms with Crippen molar-refractivity contribution in [1.29, 1.82) is 0 Å². The van der Waals surface area contributed by atoms with E-state index in [1.165, 1.54) is 22.7 Å². The van der Waals surface area contributed by atoms with Crippen LogP contribution in [0.5, 0.6) is 0 Å². The number of nitrogens with zero attached hydrogens (tertiary/aromatic N) is 3. The molecule has 27 heavy (non-hydrogen) atoms. The van der Waals surface area contributed by atoms with Crippen molar-refractivity contribution in [3.63, 3.8) is 0 Å². The number of amides is 1. The van der Waals surface area contributed by atoms with Gasteiger partial charge in [-0.25, -0.2) is 17.1 Å². The highest BCUT2D eigenvalue weighted by Crippen LogP contribution is 2.24. The minimum Gasteiger partial charge on any atom is -0.308 e. The van der Waals surface area contributed by atoms with Gasteiger partial charge in [0.2, 0.25) is 15.9 Å². The van der Waals surface area contributed by atoms with Crippen molar-refractivity contribution in [2.75, 3.05) is 24.7 Å². The topological polar surface area (TPSA) is 84.3 Å². The van der Waals surface area contributed by atoms with Crippen LogP contribution in [0, 0.1) is 11.7 Å². The van der Waals surface area contributed by atoms with E-state index in [4.69, 9.17) is 11.6 Å². The van der Waals surface area contributed by atoms with Crippen LogP contribution in [0.4, 0.5) is 10.2 Å². The number of carbonyl (C=O) groups excluding carboxylic acids is 1. The van der Waals surface area contributed by atoms with Gasteiger partial charge in [0.15, 0.2) is 5.82 Å². The fourth-order valence-corrected chi connectivity index (χ4v) is 4.08. The van der Waals surface area contributed by atoms with E-state index in [9.17, 15) is 17.6 Å². The molecule has 0 radical (unpaired) electrons. The van der Waals surface area contributed by atoms with Gasteiger partial charge in [-0.3, -0.25) is 9.48 Å². The van der Waals surface area contributed by atoms with Crippen molar-refractivity contribution in [1.82, 2.24) is 14.1 Å². The van der Waals surface area contributed by atoms with Gasteiger partial charge in [0.25, 0.3) is 0 Å². The van der Waals surface area contributed by atoms with Crippen molar-refractivity contribution >= 4 is 33.3 Å². The van der Waals surface area contributed by atoms with Crippen molar-refractivity contribution in [3.8, 4) is 0 Å². The first-order valence-corrected chi connectivity index (χ1v) is 10.7. The first-order valence-electron chi connectivity index (χ1n) is 8.46. The lowest BCUT2D eigenvalue weighted by Gasteiger charge is -2.29. The molecule has 0 unspecified atom stereocenters. The number of carbonyl (C=O) groups is 1. The molecular weight excluding hydrogens is 395 g/mol. The molecule has 0 bridgehead atoms. The highest BCUT2D eigenvalue weighted by molar-refractivity contribution is 7.88. The van der Waals surface area contributed by atoms with Gasteiger partial charge in [-0.15, -0.1) is 0 Å². The average molecular weight is 415 g/mol. The molecule has 1 saturated heterocycles. The van der Waals surface area contributed by atoms with E-state index in [1.54, 1.807) is 23.0 Å². The van der Waals surface area contributed by atoms with Crippen LogP contribution >= 0.6 is 11.6 Å². The van der Waals surface area contributed by atoms with Crippen LogP contribution in [-0.4, -0.2) is 47.8 Å². The predicted molar refractivity (Wildman–Crippen MR) is 101 cm³/mol. The fraction of sp³-hybridized carbons (Fsp3) is 0.412. The number of halogens is 2. The summed E-state index contributed by atoms with van der Waals surface area (Å²) >= 11 is 6.16. The molecule has 2 aromatic rings. The summed E-state index contributed by atoms with van der Waals surface area (Å²) in [7, 11) is -3.23. The Morgan fingerprint density at radius 1 is 1.30 bits per heavy atom. The highest BCUT2D eigenvalue weighted by Gasteiger charge is 2.29. The van der Waals surface area contributed by atoms with Gasteiger partial charge < -0.3 is 5.32 Å². The molecule has 2 heterocycles. The molecule has 0 aliphatic carbocycles. The second kappa shape index (κ2) is 7.95. The van der Waals surface area contributed by atoms with E-state index in [0.29, 0.717) is 37.5 Å². The van der Waals surface area contributed by atoms with Gasteiger partial charge in [0, 0.05) is 25.2 Å². The van der Waals surface area contributed by atoms with E-state index in [0.717, 1.165) is 5.56 Å². The number of hydrogen-bond donors (Lipinski definition) is 1. The average Bonchev–Trinajstić information content (AvgIpc) is 2.95. The molecule has 3 rings (SSSR count). The van der Waals surface area contributed by atoms with Crippen LogP contribution in [0.2, 0.25) is 5.02 Å². The number of anilines is 1. The molecule has 1 aromatic heterocycles. The molecule has 1 amide bonds. The summed E-state index contributed by atoms with van der Waals surface area (Å²) in [6.45, 7) is 1.04. The summed E-state index contributed by atoms with van der Waals surface area (Å²) in [6.07, 6.45) is 3.66. The van der Waals surface area contributed by atoms with E-state index < -0.39 is 10.0 Å². The zero-order valence-electron chi connectivity index (χ0n) is 14.7. The third-order valence-corrected chi connectivity index (χ3v) is 6.09. The molecule has 1 N–H and O–H groups in total. The van der Waals surface area contributed by atoms with Gasteiger partial charge in [-0.2, -0.15) is 5.10 Å². The highest BCUT2D eigenvalue weighted by atomic mass is 35.5. The Bertz CT molecular complexity index is 922. The first-order chi connectivity index (χ1) is 12.7. The zero-order chi connectivity index (χ0) is 19.6. The van der Waals surface area contributed by atoms with E-state index >= 15 is 0 Å². The van der Waals surface area contributed by atoms with Gasteiger partial charge in [-0.1, -0.05) is 23.7 Å². The summed E-state index contributed by atoms with van der Waals surface area (Å²) in [4.78, 5) is 12.5. The van der Waals surface area contributed by atoms with Crippen LogP contribution in [-0.2, 0) is 21.4 Å². The smallest absolute Gasteiger partial charge is 0.228 e. The van der Waals surface area contributed by atoms with Crippen molar-refractivity contribution in [2.45, 2.75) is 19.4 Å². The maximum absolute atomic E-state index is 13.0. The molecule has 0 spiro atoms. The molecule has 146 valence electrons. The second-order valence-corrected chi connectivity index (χ2v) is 8.96. The molecule has 0 saturated carbocycles. The van der Waals surface area contributed by atoms with E-state index in [-0.39, 0.29) is 23.5 Å². The molecule has 0 atom stereocenters. The lowest BCUT2D eigenvalue weighted by molar-refractivity contribution is -0.120. The lowest BCUT2D eigenvalue weighted by Crippen LogP contribution is -2.40. The molecule has 1 aromatic carbocycles. The summed E-state index contributed by atoms with van der Waals surface area (Å²) in [6, 6.07) is 6.04. The molecule has 1 aliphatic heterocycles. The maximum Gasteiger partial charge on any atom is 0.228 e. The van der Waals surface area contributed by atoms with Crippen LogP contribution in [0.3, 0.4) is 0 Å². The van der Waals surface area contributed by atoms with Gasteiger partial charge in [0.05, 0.1) is 12.8 Å². The van der Waals surface area contributed by atoms with Crippen molar-refractivity contribution in [2.24, 2.45) is 5.92 Å². The van der Waals surface area contributed by atoms with Gasteiger partial charge >= 0.3 is 0 Å². The summed E-state index contributed by atoms with van der Waals surface area (Å²) in [5.74, 6) is -0.570. The van der Waals surface area contributed by atoms with E-state index in [1.807, 2.05) is 0 Å². The van der Waals surface area contributed by atoms with Crippen LogP contribution in [0.25, 0.3) is 0 Å². The largest absolute Gasteiger partial charge is 0.308 e. The number of rotatable bonds is 5. The van der Waals surface area contributed by atoms with Crippen molar-refractivity contribution < 1.29 is 17.6 Å². The molecule has 10 heteroatoms. The Morgan fingerprint density at radius 2 is 1.93 bits per heavy atom. The second-order valence-electron chi connectivity index (χ2n) is 6.58. The quantitative estimate of drug-likeness (QED) is 0.813. The molecular formula is C17H20ClFN4O3S. The van der Waals surface area contributed by atoms with Gasteiger partial charge in [-0.05, 0) is 30.5 Å². The number of piperidine rings is 1. The SMILES string of the molecule is CS(=O)(=O)N1CCC(C(=O)Nc2nn(Cc3ccc(F)cc3)cc2Cl)CC1. The summed E-state index contributed by atoms with van der Waals surface area (Å²) in [5.41, 5.74) is 0.849. The number of aromatic nitrogens is 2. The molecule has 1 fully saturated rings. The fourth-order valence-electron chi connectivity index (χ4n) is 3.01. The first kappa shape index (κ1) is 19.8. The number of benzene rings is 1. The Hall–Kier alpha value is -1.97. The minimum absolute atomic E-state index is 0.225. The number of nitrogens with one attached hydrogen (secondary N) is 1. The number of sulfonamides is 1. The monoisotopic (exact) mass is 414 g/mol. The van der Waals surface area contributed by atoms with Crippen LogP contribution < -0.4 is 5.32 Å². The lowest BCUT2D eigenvalue weighted by atomic mass is 9.97. The number of hydrogen-bond acceptors (Lipinski definition) is 4. The summed E-state index contributed by atoms with van der Waals surface area (Å²) in [5, 5.41) is 7.29. The third-order valence-electron chi connectivity index (χ3n) is 4.51. The van der Waals surface area contributed by atoms with E-state index in [2.05, 4.69) is 10.4 Å². The normalized spacial score (nSPS) is 16.4. The summed E-state index contributed by atoms with van der Waals surface area (Å²) < 4.78 is 39.0.